The second-order valence-corrected chi connectivity index (χ2v) is 3.60. The first kappa shape index (κ1) is 10.8. The summed E-state index contributed by atoms with van der Waals surface area (Å²) in [5.41, 5.74) is 0. The fourth-order valence-electron chi connectivity index (χ4n) is 1.47. The van der Waals surface area contributed by atoms with Crippen molar-refractivity contribution in [3.8, 4) is 0 Å². The first-order chi connectivity index (χ1) is 6.59. The maximum Gasteiger partial charge on any atom is 0.325 e. The summed E-state index contributed by atoms with van der Waals surface area (Å²) in [7, 11) is 0. The number of hydrogen-bond acceptors (Lipinski definition) is 2. The first-order valence-electron chi connectivity index (χ1n) is 4.78. The number of carboxylic acid groups (broad SMARTS) is 1. The third-order valence-corrected chi connectivity index (χ3v) is 2.31. The molecule has 0 saturated heterocycles. The highest BCUT2D eigenvalue weighted by molar-refractivity contribution is 5.83. The van der Waals surface area contributed by atoms with E-state index >= 15 is 0 Å². The molecule has 4 heteroatoms. The highest BCUT2D eigenvalue weighted by Gasteiger charge is 2.17. The molecule has 0 unspecified atom stereocenters. The van der Waals surface area contributed by atoms with Crippen LogP contribution in [0.3, 0.4) is 0 Å². The molecule has 0 fully saturated rings. The Labute approximate surface area is 83.0 Å². The van der Waals surface area contributed by atoms with Crippen molar-refractivity contribution in [3.05, 3.63) is 12.2 Å². The van der Waals surface area contributed by atoms with Gasteiger partial charge in [-0.1, -0.05) is 12.2 Å². The lowest BCUT2D eigenvalue weighted by Gasteiger charge is -2.11. The minimum Gasteiger partial charge on any atom is -0.480 e. The number of nitrogens with one attached hydrogen (secondary N) is 1. The highest BCUT2D eigenvalue weighted by Crippen LogP contribution is 2.19. The average Bonchev–Trinajstić information content (AvgIpc) is 2.56. The van der Waals surface area contributed by atoms with E-state index in [1.54, 1.807) is 0 Å². The largest absolute Gasteiger partial charge is 0.480 e. The van der Waals surface area contributed by atoms with Crippen molar-refractivity contribution in [3.63, 3.8) is 0 Å². The Kier molecular flexibility index (Phi) is 3.68. The van der Waals surface area contributed by atoms with E-state index < -0.39 is 12.0 Å². The van der Waals surface area contributed by atoms with Gasteiger partial charge in [0.1, 0.15) is 6.04 Å². The van der Waals surface area contributed by atoms with Crippen LogP contribution in [0.2, 0.25) is 0 Å². The van der Waals surface area contributed by atoms with Gasteiger partial charge in [0.05, 0.1) is 0 Å². The Hall–Kier alpha value is -1.32. The summed E-state index contributed by atoms with van der Waals surface area (Å²) < 4.78 is 0. The Balaban J connectivity index is 2.28. The number of allylic oxidation sites excluding steroid dienone is 2. The van der Waals surface area contributed by atoms with E-state index in [-0.39, 0.29) is 11.8 Å². The van der Waals surface area contributed by atoms with E-state index in [1.165, 1.54) is 6.92 Å². The smallest absolute Gasteiger partial charge is 0.325 e. The molecule has 2 atom stereocenters. The van der Waals surface area contributed by atoms with Gasteiger partial charge in [0.15, 0.2) is 0 Å². The van der Waals surface area contributed by atoms with Gasteiger partial charge in [-0.15, -0.1) is 0 Å². The molecule has 1 amide bonds. The molecule has 1 aliphatic rings. The Morgan fingerprint density at radius 3 is 2.86 bits per heavy atom. The van der Waals surface area contributed by atoms with Gasteiger partial charge in [-0.05, 0) is 25.7 Å². The van der Waals surface area contributed by atoms with Gasteiger partial charge < -0.3 is 10.4 Å². The molecule has 0 radical (unpaired) electrons. The van der Waals surface area contributed by atoms with Crippen molar-refractivity contribution in [2.75, 3.05) is 0 Å². The summed E-state index contributed by atoms with van der Waals surface area (Å²) in [5, 5.41) is 11.0. The molecule has 0 heterocycles. The lowest BCUT2D eigenvalue weighted by Crippen LogP contribution is -2.38. The fourth-order valence-corrected chi connectivity index (χ4v) is 1.47. The van der Waals surface area contributed by atoms with Crippen LogP contribution < -0.4 is 5.32 Å². The minimum absolute atomic E-state index is 0.184. The summed E-state index contributed by atoms with van der Waals surface area (Å²) in [6.07, 6.45) is 6.49. The van der Waals surface area contributed by atoms with Gasteiger partial charge in [0.2, 0.25) is 5.91 Å². The molecule has 0 aromatic rings. The maximum absolute atomic E-state index is 11.3. The molecular weight excluding hydrogens is 182 g/mol. The summed E-state index contributed by atoms with van der Waals surface area (Å²) in [5.74, 6) is -0.896. The molecule has 0 aromatic carbocycles. The molecule has 0 saturated carbocycles. The third kappa shape index (κ3) is 3.20. The van der Waals surface area contributed by atoms with Crippen LogP contribution in [0.15, 0.2) is 12.2 Å². The third-order valence-electron chi connectivity index (χ3n) is 2.31. The van der Waals surface area contributed by atoms with Gasteiger partial charge in [-0.2, -0.15) is 0 Å². The van der Waals surface area contributed by atoms with Gasteiger partial charge in [0.25, 0.3) is 0 Å². The van der Waals surface area contributed by atoms with Crippen LogP contribution >= 0.6 is 0 Å². The van der Waals surface area contributed by atoms with Crippen LogP contribution in [0.1, 0.15) is 26.2 Å². The van der Waals surface area contributed by atoms with Crippen molar-refractivity contribution >= 4 is 11.9 Å². The zero-order chi connectivity index (χ0) is 10.6. The number of hydrogen-bond donors (Lipinski definition) is 2. The number of rotatable bonds is 4. The van der Waals surface area contributed by atoms with Gasteiger partial charge >= 0.3 is 5.97 Å². The van der Waals surface area contributed by atoms with Gasteiger partial charge in [0, 0.05) is 6.42 Å². The molecule has 4 nitrogen and oxygen atoms in total. The predicted octanol–water partition coefficient (Wildman–Crippen LogP) is 0.932. The Morgan fingerprint density at radius 1 is 1.64 bits per heavy atom. The number of carboxylic acids is 1. The quantitative estimate of drug-likeness (QED) is 0.659. The summed E-state index contributed by atoms with van der Waals surface area (Å²) in [6.45, 7) is 1.46. The van der Waals surface area contributed by atoms with E-state index in [4.69, 9.17) is 5.11 Å². The highest BCUT2D eigenvalue weighted by atomic mass is 16.4. The lowest BCUT2D eigenvalue weighted by atomic mass is 10.0. The standard InChI is InChI=1S/C10H15NO3/c1-7(10(13)14)11-9(12)6-8-4-2-3-5-8/h2,4,7-8H,3,5-6H2,1H3,(H,11,12)(H,13,14)/t7-,8-/m0/s1. The van der Waals surface area contributed by atoms with Crippen LogP contribution in [0.5, 0.6) is 0 Å². The zero-order valence-electron chi connectivity index (χ0n) is 8.19. The number of aliphatic carboxylic acids is 1. The molecule has 78 valence electrons. The van der Waals surface area contributed by atoms with Crippen LogP contribution in [0.25, 0.3) is 0 Å². The molecule has 14 heavy (non-hydrogen) atoms. The minimum atomic E-state index is -1.000. The van der Waals surface area contributed by atoms with Crippen LogP contribution in [0.4, 0.5) is 0 Å². The van der Waals surface area contributed by atoms with Crippen LogP contribution in [0, 0.1) is 5.92 Å². The second kappa shape index (κ2) is 4.79. The van der Waals surface area contributed by atoms with Crippen molar-refractivity contribution in [2.45, 2.75) is 32.2 Å². The van der Waals surface area contributed by atoms with Crippen molar-refractivity contribution in [1.82, 2.24) is 5.32 Å². The molecule has 1 aliphatic carbocycles. The van der Waals surface area contributed by atoms with E-state index in [1.807, 2.05) is 6.08 Å². The number of carbonyl (C=O) groups is 2. The second-order valence-electron chi connectivity index (χ2n) is 3.60. The average molecular weight is 197 g/mol. The van der Waals surface area contributed by atoms with E-state index in [0.29, 0.717) is 6.42 Å². The van der Waals surface area contributed by atoms with Crippen molar-refractivity contribution in [2.24, 2.45) is 5.92 Å². The molecule has 1 rings (SSSR count). The van der Waals surface area contributed by atoms with Crippen molar-refractivity contribution in [1.29, 1.82) is 0 Å². The van der Waals surface area contributed by atoms with E-state index in [2.05, 4.69) is 11.4 Å². The summed E-state index contributed by atoms with van der Waals surface area (Å²) >= 11 is 0. The van der Waals surface area contributed by atoms with Gasteiger partial charge in [-0.3, -0.25) is 9.59 Å². The normalized spacial score (nSPS) is 21.9. The van der Waals surface area contributed by atoms with Crippen molar-refractivity contribution < 1.29 is 14.7 Å². The van der Waals surface area contributed by atoms with E-state index in [0.717, 1.165) is 12.8 Å². The lowest BCUT2D eigenvalue weighted by molar-refractivity contribution is -0.141. The predicted molar refractivity (Wildman–Crippen MR) is 51.7 cm³/mol. The first-order valence-corrected chi connectivity index (χ1v) is 4.78. The SMILES string of the molecule is C[C@H](NC(=O)C[C@H]1C=CCC1)C(=O)O. The molecule has 0 aromatic heterocycles. The Morgan fingerprint density at radius 2 is 2.36 bits per heavy atom. The molecular formula is C10H15NO3. The Bertz CT molecular complexity index is 254. The summed E-state index contributed by atoms with van der Waals surface area (Å²) in [4.78, 5) is 21.7. The monoisotopic (exact) mass is 197 g/mol. The molecule has 2 N–H and O–H groups in total. The summed E-state index contributed by atoms with van der Waals surface area (Å²) in [6, 6.07) is -0.798. The van der Waals surface area contributed by atoms with Crippen LogP contribution in [-0.4, -0.2) is 23.0 Å². The zero-order valence-corrected chi connectivity index (χ0v) is 8.19. The van der Waals surface area contributed by atoms with Gasteiger partial charge in [-0.25, -0.2) is 0 Å². The topological polar surface area (TPSA) is 66.4 Å². The molecule has 0 spiro atoms. The number of amides is 1. The number of carbonyl (C=O) groups excluding carboxylic acids is 1. The molecule has 0 aliphatic heterocycles. The van der Waals surface area contributed by atoms with E-state index in [9.17, 15) is 9.59 Å². The fraction of sp³-hybridized carbons (Fsp3) is 0.600. The maximum atomic E-state index is 11.3. The van der Waals surface area contributed by atoms with Crippen LogP contribution in [-0.2, 0) is 9.59 Å². The molecule has 0 bridgehead atoms.